The number of nitrogens with one attached hydrogen (secondary N) is 1. The smallest absolute Gasteiger partial charge is 0.374 e. The van der Waals surface area contributed by atoms with Crippen LogP contribution < -0.4 is 10.7 Å². The van der Waals surface area contributed by atoms with Crippen LogP contribution in [0.25, 0.3) is 33.8 Å². The molecule has 2 saturated carbocycles. The number of aryl methyl sites for hydroxylation is 1. The van der Waals surface area contributed by atoms with E-state index in [-0.39, 0.29) is 6.10 Å². The molecule has 0 radical (unpaired) electrons. The van der Waals surface area contributed by atoms with Crippen LogP contribution >= 0.6 is 0 Å². The van der Waals surface area contributed by atoms with E-state index in [0.29, 0.717) is 30.1 Å². The Kier molecular flexibility index (Phi) is 6.65. The Morgan fingerprint density at radius 3 is 2.70 bits per heavy atom. The quantitative estimate of drug-likeness (QED) is 0.369. The summed E-state index contributed by atoms with van der Waals surface area (Å²) in [7, 11) is 0. The molecule has 2 atom stereocenters. The van der Waals surface area contributed by atoms with Crippen molar-refractivity contribution in [2.75, 3.05) is 18.1 Å². The maximum Gasteiger partial charge on any atom is 0.439 e. The molecule has 1 saturated heterocycles. The molecule has 3 fully saturated rings. The lowest BCUT2D eigenvalue weighted by Crippen LogP contribution is -2.53. The molecule has 210 valence electrons. The van der Waals surface area contributed by atoms with E-state index in [0.717, 1.165) is 65.7 Å². The minimum Gasteiger partial charge on any atom is -0.374 e. The van der Waals surface area contributed by atoms with Crippen molar-refractivity contribution in [1.82, 2.24) is 29.7 Å². The summed E-state index contributed by atoms with van der Waals surface area (Å²) in [6.45, 7) is 6.85. The zero-order chi connectivity index (χ0) is 27.2. The first-order chi connectivity index (χ1) is 19.5. The summed E-state index contributed by atoms with van der Waals surface area (Å²) in [4.78, 5) is 31.9. The van der Waals surface area contributed by atoms with Gasteiger partial charge in [0.1, 0.15) is 5.69 Å². The number of fused-ring (bicyclic) bond motifs is 2. The number of aromatic nitrogens is 6. The fourth-order valence-electron chi connectivity index (χ4n) is 7.00. The van der Waals surface area contributed by atoms with Crippen LogP contribution in [0.15, 0.2) is 33.8 Å². The topological polar surface area (TPSA) is 115 Å². The molecule has 0 spiro atoms. The van der Waals surface area contributed by atoms with Gasteiger partial charge in [-0.2, -0.15) is 0 Å². The summed E-state index contributed by atoms with van der Waals surface area (Å²) >= 11 is 0. The predicted octanol–water partition coefficient (Wildman–Crippen LogP) is 5.12. The Balaban J connectivity index is 1.44. The number of ether oxygens (including phenoxy) is 1. The molecule has 5 heterocycles. The maximum absolute atomic E-state index is 11.8. The molecule has 0 aromatic carbocycles. The number of nitrogens with zero attached hydrogens (tertiary/aromatic N) is 6. The first-order valence-electron chi connectivity index (χ1n) is 14.8. The summed E-state index contributed by atoms with van der Waals surface area (Å²) in [5, 5.41) is 3.94. The summed E-state index contributed by atoms with van der Waals surface area (Å²) in [6, 6.07) is 4.36. The minimum atomic E-state index is -0.606. The lowest BCUT2D eigenvalue weighted by molar-refractivity contribution is -0.00958. The SMILES string of the molecule is Cc1cncc(-c2nc(-c3noc(=O)[nH]3)cc3nc(N4CCO[C@H]5CCCC[C@@H]54)n(CC4CCC(C)CC4)c23)c1. The van der Waals surface area contributed by atoms with Gasteiger partial charge in [-0.3, -0.25) is 14.5 Å². The van der Waals surface area contributed by atoms with E-state index in [4.69, 9.17) is 19.2 Å². The zero-order valence-electron chi connectivity index (χ0n) is 23.3. The number of morpholine rings is 1. The van der Waals surface area contributed by atoms with E-state index < -0.39 is 5.76 Å². The van der Waals surface area contributed by atoms with Gasteiger partial charge < -0.3 is 14.2 Å². The van der Waals surface area contributed by atoms with Gasteiger partial charge in [0.25, 0.3) is 0 Å². The Morgan fingerprint density at radius 2 is 1.90 bits per heavy atom. The summed E-state index contributed by atoms with van der Waals surface area (Å²) in [5.74, 6) is 2.07. The second-order valence-electron chi connectivity index (χ2n) is 12.0. The van der Waals surface area contributed by atoms with Crippen molar-refractivity contribution in [2.24, 2.45) is 11.8 Å². The number of anilines is 1. The zero-order valence-corrected chi connectivity index (χ0v) is 23.3. The standard InChI is InChI=1S/C30H37N7O3/c1-18-7-9-20(10-8-18)17-37-27-22(33-29(37)36-11-12-39-25-6-4-3-5-24(25)36)14-23(28-34-30(38)40-35-28)32-26(27)21-13-19(2)15-31-16-21/h13-16,18,20,24-25H,3-12,17H2,1-2H3,(H,34,35,38)/t18?,20?,24-,25-/m0/s1. The molecule has 1 N–H and O–H groups in total. The lowest BCUT2D eigenvalue weighted by Gasteiger charge is -2.44. The molecule has 4 aromatic rings. The number of hydrogen-bond donors (Lipinski definition) is 1. The molecular formula is C30H37N7O3. The van der Waals surface area contributed by atoms with Gasteiger partial charge in [0.05, 0.1) is 35.5 Å². The second-order valence-corrected chi connectivity index (χ2v) is 12.0. The van der Waals surface area contributed by atoms with Crippen LogP contribution in [-0.4, -0.2) is 55.0 Å². The van der Waals surface area contributed by atoms with E-state index in [1.807, 2.05) is 25.4 Å². The van der Waals surface area contributed by atoms with Crippen molar-refractivity contribution in [1.29, 1.82) is 0 Å². The molecule has 1 aliphatic heterocycles. The maximum atomic E-state index is 11.8. The van der Waals surface area contributed by atoms with Crippen molar-refractivity contribution >= 4 is 17.0 Å². The summed E-state index contributed by atoms with van der Waals surface area (Å²) in [6.07, 6.45) is 13.6. The molecule has 0 amide bonds. The molecule has 0 bridgehead atoms. The predicted molar refractivity (Wildman–Crippen MR) is 152 cm³/mol. The van der Waals surface area contributed by atoms with Crippen molar-refractivity contribution in [3.8, 4) is 22.8 Å². The monoisotopic (exact) mass is 543 g/mol. The van der Waals surface area contributed by atoms with Gasteiger partial charge in [0.15, 0.2) is 0 Å². The number of hydrogen-bond acceptors (Lipinski definition) is 8. The normalized spacial score (nSPS) is 25.3. The van der Waals surface area contributed by atoms with Crippen molar-refractivity contribution < 1.29 is 9.26 Å². The molecule has 10 nitrogen and oxygen atoms in total. The highest BCUT2D eigenvalue weighted by Gasteiger charge is 2.37. The van der Waals surface area contributed by atoms with Gasteiger partial charge in [0.2, 0.25) is 11.8 Å². The fraction of sp³-hybridized carbons (Fsp3) is 0.567. The van der Waals surface area contributed by atoms with E-state index >= 15 is 0 Å². The highest BCUT2D eigenvalue weighted by atomic mass is 16.5. The first-order valence-corrected chi connectivity index (χ1v) is 14.8. The van der Waals surface area contributed by atoms with Crippen molar-refractivity contribution in [3.63, 3.8) is 0 Å². The Bertz CT molecular complexity index is 1560. The van der Waals surface area contributed by atoms with Crippen molar-refractivity contribution in [3.05, 3.63) is 40.6 Å². The Morgan fingerprint density at radius 1 is 1.05 bits per heavy atom. The second kappa shape index (κ2) is 10.5. The highest BCUT2D eigenvalue weighted by Crippen LogP contribution is 2.39. The average Bonchev–Trinajstić information content (AvgIpc) is 3.57. The van der Waals surface area contributed by atoms with E-state index in [2.05, 4.69) is 37.6 Å². The van der Waals surface area contributed by atoms with Crippen LogP contribution in [0.3, 0.4) is 0 Å². The van der Waals surface area contributed by atoms with Crippen LogP contribution in [0, 0.1) is 18.8 Å². The molecule has 40 heavy (non-hydrogen) atoms. The Hall–Kier alpha value is -3.53. The van der Waals surface area contributed by atoms with Crippen LogP contribution in [0.2, 0.25) is 0 Å². The fourth-order valence-corrected chi connectivity index (χ4v) is 7.00. The number of pyridine rings is 2. The van der Waals surface area contributed by atoms with Gasteiger partial charge in [0, 0.05) is 31.0 Å². The summed E-state index contributed by atoms with van der Waals surface area (Å²) < 4.78 is 13.5. The molecule has 4 aromatic heterocycles. The van der Waals surface area contributed by atoms with Crippen LogP contribution in [0.1, 0.15) is 63.9 Å². The third-order valence-corrected chi connectivity index (χ3v) is 9.10. The number of rotatable bonds is 5. The van der Waals surface area contributed by atoms with Gasteiger partial charge >= 0.3 is 5.76 Å². The van der Waals surface area contributed by atoms with E-state index in [1.165, 1.54) is 38.5 Å². The molecule has 2 aliphatic carbocycles. The molecule has 0 unspecified atom stereocenters. The van der Waals surface area contributed by atoms with E-state index in [1.54, 1.807) is 0 Å². The molecular weight excluding hydrogens is 506 g/mol. The van der Waals surface area contributed by atoms with Crippen LogP contribution in [-0.2, 0) is 11.3 Å². The number of aromatic amines is 1. The van der Waals surface area contributed by atoms with Gasteiger partial charge in [-0.05, 0) is 62.1 Å². The number of imidazole rings is 1. The van der Waals surface area contributed by atoms with E-state index in [9.17, 15) is 4.79 Å². The number of H-pyrrole nitrogens is 1. The van der Waals surface area contributed by atoms with Gasteiger partial charge in [-0.25, -0.2) is 14.8 Å². The minimum absolute atomic E-state index is 0.251. The van der Waals surface area contributed by atoms with Crippen LogP contribution in [0.5, 0.6) is 0 Å². The third-order valence-electron chi connectivity index (χ3n) is 9.10. The van der Waals surface area contributed by atoms with Gasteiger partial charge in [-0.15, -0.1) is 0 Å². The molecule has 7 rings (SSSR count). The van der Waals surface area contributed by atoms with Gasteiger partial charge in [-0.1, -0.05) is 37.8 Å². The molecule has 3 aliphatic rings. The highest BCUT2D eigenvalue weighted by molar-refractivity contribution is 5.94. The van der Waals surface area contributed by atoms with Crippen LogP contribution in [0.4, 0.5) is 5.95 Å². The third kappa shape index (κ3) is 4.72. The first kappa shape index (κ1) is 25.4. The summed E-state index contributed by atoms with van der Waals surface area (Å²) in [5.41, 5.74) is 5.13. The average molecular weight is 544 g/mol. The lowest BCUT2D eigenvalue weighted by atomic mass is 9.83. The molecule has 10 heteroatoms. The largest absolute Gasteiger partial charge is 0.439 e. The Labute approximate surface area is 233 Å². The van der Waals surface area contributed by atoms with Crippen molar-refractivity contribution in [2.45, 2.75) is 83.9 Å².